The highest BCUT2D eigenvalue weighted by atomic mass is 19.1. The lowest BCUT2D eigenvalue weighted by Crippen LogP contribution is -2.30. The molecule has 0 heterocycles. The molecule has 3 rings (SSSR count). The highest BCUT2D eigenvalue weighted by molar-refractivity contribution is 6.01. The number of rotatable bonds is 5. The average molecular weight is 337 g/mol. The maximum atomic E-state index is 12.9. The van der Waals surface area contributed by atoms with Crippen LogP contribution >= 0.6 is 0 Å². The summed E-state index contributed by atoms with van der Waals surface area (Å²) in [6.07, 6.45) is -0.104. The minimum Gasteiger partial charge on any atom is -0.480 e. The summed E-state index contributed by atoms with van der Waals surface area (Å²) in [5.74, 6) is -0.429. The Hall–Kier alpha value is -3.21. The van der Waals surface area contributed by atoms with Crippen molar-refractivity contribution < 1.29 is 18.7 Å². The molecule has 5 heteroatoms. The first-order valence-corrected chi connectivity index (χ1v) is 7.78. The number of amides is 1. The molecule has 0 unspecified atom stereocenters. The Balaban J connectivity index is 1.79. The number of hydrogen-bond acceptors (Lipinski definition) is 3. The number of aldehydes is 1. The molecular weight excluding hydrogens is 321 g/mol. The fourth-order valence-electron chi connectivity index (χ4n) is 2.52. The van der Waals surface area contributed by atoms with Gasteiger partial charge in [-0.2, -0.15) is 0 Å². The lowest BCUT2D eigenvalue weighted by Gasteiger charge is -2.17. The van der Waals surface area contributed by atoms with Gasteiger partial charge in [0.1, 0.15) is 11.6 Å². The van der Waals surface area contributed by atoms with Crippen LogP contribution in [0.4, 0.5) is 10.1 Å². The van der Waals surface area contributed by atoms with Gasteiger partial charge in [-0.25, -0.2) is 4.39 Å². The van der Waals surface area contributed by atoms with Crippen LogP contribution in [-0.2, 0) is 4.79 Å². The predicted molar refractivity (Wildman–Crippen MR) is 94.5 cm³/mol. The van der Waals surface area contributed by atoms with E-state index in [0.717, 1.165) is 17.1 Å². The third-order valence-electron chi connectivity index (χ3n) is 3.83. The van der Waals surface area contributed by atoms with E-state index in [-0.39, 0.29) is 5.82 Å². The minimum absolute atomic E-state index is 0.343. The number of carbonyl (C=O) groups excluding carboxylic acids is 2. The van der Waals surface area contributed by atoms with Crippen LogP contribution in [0.1, 0.15) is 17.3 Å². The number of nitrogens with one attached hydrogen (secondary N) is 1. The molecule has 1 atom stereocenters. The first-order valence-electron chi connectivity index (χ1n) is 7.78. The molecule has 0 aliphatic carbocycles. The van der Waals surface area contributed by atoms with Crippen molar-refractivity contribution in [3.05, 3.63) is 72.0 Å². The fraction of sp³-hybridized carbons (Fsp3) is 0.100. The maximum absolute atomic E-state index is 12.9. The van der Waals surface area contributed by atoms with Gasteiger partial charge in [-0.05, 0) is 48.0 Å². The van der Waals surface area contributed by atoms with E-state index >= 15 is 0 Å². The summed E-state index contributed by atoms with van der Waals surface area (Å²) in [5, 5.41) is 4.33. The number of halogens is 1. The summed E-state index contributed by atoms with van der Waals surface area (Å²) >= 11 is 0. The molecule has 3 aromatic rings. The van der Waals surface area contributed by atoms with E-state index in [1.807, 2.05) is 30.3 Å². The molecule has 126 valence electrons. The molecule has 0 aromatic heterocycles. The van der Waals surface area contributed by atoms with E-state index in [4.69, 9.17) is 4.74 Å². The lowest BCUT2D eigenvalue weighted by molar-refractivity contribution is -0.122. The summed E-state index contributed by atoms with van der Waals surface area (Å²) in [5.41, 5.74) is 0.871. The molecule has 0 aliphatic rings. The van der Waals surface area contributed by atoms with Crippen molar-refractivity contribution in [3.63, 3.8) is 0 Å². The van der Waals surface area contributed by atoms with Gasteiger partial charge in [0, 0.05) is 5.69 Å². The van der Waals surface area contributed by atoms with Crippen molar-refractivity contribution in [2.45, 2.75) is 13.0 Å². The van der Waals surface area contributed by atoms with Gasteiger partial charge in [-0.3, -0.25) is 9.59 Å². The van der Waals surface area contributed by atoms with E-state index in [1.54, 1.807) is 13.0 Å². The number of carbonyl (C=O) groups is 2. The van der Waals surface area contributed by atoms with Crippen LogP contribution in [0.5, 0.6) is 5.75 Å². The van der Waals surface area contributed by atoms with E-state index in [0.29, 0.717) is 17.0 Å². The monoisotopic (exact) mass is 337 g/mol. The predicted octanol–water partition coefficient (Wildman–Crippen LogP) is 4.20. The second kappa shape index (κ2) is 7.13. The summed E-state index contributed by atoms with van der Waals surface area (Å²) in [7, 11) is 0. The zero-order valence-electron chi connectivity index (χ0n) is 13.5. The molecule has 0 fully saturated rings. The Morgan fingerprint density at radius 3 is 2.52 bits per heavy atom. The van der Waals surface area contributed by atoms with Gasteiger partial charge >= 0.3 is 0 Å². The van der Waals surface area contributed by atoms with Gasteiger partial charge in [0.2, 0.25) is 0 Å². The third-order valence-corrected chi connectivity index (χ3v) is 3.83. The van der Waals surface area contributed by atoms with Crippen LogP contribution in [0.2, 0.25) is 0 Å². The summed E-state index contributed by atoms with van der Waals surface area (Å²) in [4.78, 5) is 23.7. The highest BCUT2D eigenvalue weighted by Gasteiger charge is 2.17. The van der Waals surface area contributed by atoms with Crippen molar-refractivity contribution in [2.24, 2.45) is 0 Å². The Kier molecular flexibility index (Phi) is 4.75. The molecule has 3 aromatic carbocycles. The van der Waals surface area contributed by atoms with Crippen LogP contribution in [0.3, 0.4) is 0 Å². The molecule has 0 spiro atoms. The van der Waals surface area contributed by atoms with E-state index in [1.165, 1.54) is 24.3 Å². The lowest BCUT2D eigenvalue weighted by atomic mass is 10.0. The standard InChI is InChI=1S/C20H16FNO3/c1-13(20(24)22-16-9-7-15(21)8-10-16)25-19-11-6-14-4-2-3-5-17(14)18(19)12-23/h2-13H,1H3,(H,22,24)/t13-/m0/s1. The minimum atomic E-state index is -0.829. The van der Waals surface area contributed by atoms with Gasteiger partial charge in [0.15, 0.2) is 12.4 Å². The van der Waals surface area contributed by atoms with Gasteiger partial charge in [0.05, 0.1) is 5.56 Å². The topological polar surface area (TPSA) is 55.4 Å². The van der Waals surface area contributed by atoms with Gasteiger partial charge in [-0.1, -0.05) is 30.3 Å². The van der Waals surface area contributed by atoms with E-state index < -0.39 is 12.0 Å². The number of benzene rings is 3. The normalized spacial score (nSPS) is 11.8. The van der Waals surface area contributed by atoms with Crippen LogP contribution in [0.25, 0.3) is 10.8 Å². The van der Waals surface area contributed by atoms with Crippen LogP contribution < -0.4 is 10.1 Å². The van der Waals surface area contributed by atoms with Gasteiger partial charge in [0.25, 0.3) is 5.91 Å². The van der Waals surface area contributed by atoms with Gasteiger partial charge in [-0.15, -0.1) is 0 Å². The zero-order valence-corrected chi connectivity index (χ0v) is 13.5. The second-order valence-corrected chi connectivity index (χ2v) is 5.57. The van der Waals surface area contributed by atoms with E-state index in [9.17, 15) is 14.0 Å². The smallest absolute Gasteiger partial charge is 0.265 e. The molecular formula is C20H16FNO3. The van der Waals surface area contributed by atoms with E-state index in [2.05, 4.69) is 5.32 Å². The summed E-state index contributed by atoms with van der Waals surface area (Å²) in [6, 6.07) is 16.4. The number of hydrogen-bond donors (Lipinski definition) is 1. The molecule has 0 bridgehead atoms. The summed E-state index contributed by atoms with van der Waals surface area (Å²) < 4.78 is 18.6. The first kappa shape index (κ1) is 16.6. The van der Waals surface area contributed by atoms with Crippen molar-refractivity contribution >= 4 is 28.7 Å². The average Bonchev–Trinajstić information content (AvgIpc) is 2.63. The molecule has 25 heavy (non-hydrogen) atoms. The van der Waals surface area contributed by atoms with Crippen LogP contribution in [0, 0.1) is 5.82 Å². The van der Waals surface area contributed by atoms with Crippen molar-refractivity contribution in [2.75, 3.05) is 5.32 Å². The maximum Gasteiger partial charge on any atom is 0.265 e. The Morgan fingerprint density at radius 2 is 1.80 bits per heavy atom. The quantitative estimate of drug-likeness (QED) is 0.710. The number of anilines is 1. The SMILES string of the molecule is C[C@H](Oc1ccc2ccccc2c1C=O)C(=O)Nc1ccc(F)cc1. The fourth-order valence-corrected chi connectivity index (χ4v) is 2.52. The Labute approximate surface area is 144 Å². The molecule has 1 amide bonds. The van der Waals surface area contributed by atoms with Gasteiger partial charge < -0.3 is 10.1 Å². The van der Waals surface area contributed by atoms with Crippen molar-refractivity contribution in [1.82, 2.24) is 0 Å². The molecule has 0 saturated heterocycles. The van der Waals surface area contributed by atoms with Crippen LogP contribution in [0.15, 0.2) is 60.7 Å². The highest BCUT2D eigenvalue weighted by Crippen LogP contribution is 2.27. The molecule has 0 saturated carbocycles. The molecule has 1 N–H and O–H groups in total. The van der Waals surface area contributed by atoms with Crippen LogP contribution in [-0.4, -0.2) is 18.3 Å². The molecule has 4 nitrogen and oxygen atoms in total. The number of ether oxygens (including phenoxy) is 1. The molecule has 0 aliphatic heterocycles. The Morgan fingerprint density at radius 1 is 1.08 bits per heavy atom. The largest absolute Gasteiger partial charge is 0.480 e. The first-order chi connectivity index (χ1) is 12.1. The third kappa shape index (κ3) is 3.66. The zero-order chi connectivity index (χ0) is 17.8. The summed E-state index contributed by atoms with van der Waals surface area (Å²) in [6.45, 7) is 1.59. The second-order valence-electron chi connectivity index (χ2n) is 5.57. The molecule has 0 radical (unpaired) electrons. The number of fused-ring (bicyclic) bond motifs is 1. The Bertz CT molecular complexity index is 922. The van der Waals surface area contributed by atoms with Crippen molar-refractivity contribution in [3.8, 4) is 5.75 Å². The van der Waals surface area contributed by atoms with Crippen molar-refractivity contribution in [1.29, 1.82) is 0 Å².